The average molecular weight is 224 g/mol. The van der Waals surface area contributed by atoms with Crippen LogP contribution in [-0.2, 0) is 6.54 Å². The molecular formula is C13H21FN2. The standard InChI is InChI=1S/C13H21FN2/c1-3-15-9-10-16(4-2)11-12-7-5-6-8-13(12)14/h5-8,15H,3-4,9-11H2,1-2H3. The number of likely N-dealkylation sites (N-methyl/N-ethyl adjacent to an activating group) is 2. The summed E-state index contributed by atoms with van der Waals surface area (Å²) in [5.41, 5.74) is 0.779. The molecule has 0 aliphatic carbocycles. The van der Waals surface area contributed by atoms with Crippen molar-refractivity contribution in [3.8, 4) is 0 Å². The first-order valence-corrected chi connectivity index (χ1v) is 5.94. The average Bonchev–Trinajstić information content (AvgIpc) is 2.30. The minimum atomic E-state index is -0.107. The molecule has 0 unspecified atom stereocenters. The molecule has 1 aromatic carbocycles. The Kier molecular flexibility index (Phi) is 6.04. The van der Waals surface area contributed by atoms with E-state index in [1.165, 1.54) is 6.07 Å². The van der Waals surface area contributed by atoms with Gasteiger partial charge in [0.25, 0.3) is 0 Å². The molecule has 1 N–H and O–H groups in total. The largest absolute Gasteiger partial charge is 0.316 e. The van der Waals surface area contributed by atoms with E-state index in [0.717, 1.165) is 31.7 Å². The molecule has 90 valence electrons. The molecule has 0 aliphatic rings. The molecule has 0 saturated heterocycles. The van der Waals surface area contributed by atoms with Gasteiger partial charge in [-0.15, -0.1) is 0 Å². The molecular weight excluding hydrogens is 203 g/mol. The van der Waals surface area contributed by atoms with Gasteiger partial charge in [-0.2, -0.15) is 0 Å². The van der Waals surface area contributed by atoms with Gasteiger partial charge < -0.3 is 5.32 Å². The van der Waals surface area contributed by atoms with Gasteiger partial charge in [0.2, 0.25) is 0 Å². The fourth-order valence-corrected chi connectivity index (χ4v) is 1.63. The molecule has 0 amide bonds. The van der Waals surface area contributed by atoms with Gasteiger partial charge in [-0.05, 0) is 19.2 Å². The van der Waals surface area contributed by atoms with Crippen LogP contribution in [0.1, 0.15) is 19.4 Å². The van der Waals surface area contributed by atoms with Crippen LogP contribution in [0, 0.1) is 5.82 Å². The summed E-state index contributed by atoms with van der Waals surface area (Å²) >= 11 is 0. The van der Waals surface area contributed by atoms with E-state index in [9.17, 15) is 4.39 Å². The van der Waals surface area contributed by atoms with Crippen LogP contribution in [0.2, 0.25) is 0 Å². The van der Waals surface area contributed by atoms with Crippen LogP contribution in [0.5, 0.6) is 0 Å². The fourth-order valence-electron chi connectivity index (χ4n) is 1.63. The summed E-state index contributed by atoms with van der Waals surface area (Å²) in [5.74, 6) is -0.107. The predicted octanol–water partition coefficient (Wildman–Crippen LogP) is 2.26. The van der Waals surface area contributed by atoms with Gasteiger partial charge in [0, 0.05) is 25.2 Å². The van der Waals surface area contributed by atoms with Crippen molar-refractivity contribution in [3.05, 3.63) is 35.6 Å². The number of hydrogen-bond acceptors (Lipinski definition) is 2. The molecule has 0 spiro atoms. The van der Waals surface area contributed by atoms with E-state index < -0.39 is 0 Å². The first-order valence-electron chi connectivity index (χ1n) is 5.94. The molecule has 1 rings (SSSR count). The number of rotatable bonds is 7. The molecule has 0 aromatic heterocycles. The van der Waals surface area contributed by atoms with E-state index in [1.807, 2.05) is 12.1 Å². The highest BCUT2D eigenvalue weighted by atomic mass is 19.1. The topological polar surface area (TPSA) is 15.3 Å². The van der Waals surface area contributed by atoms with E-state index in [1.54, 1.807) is 6.07 Å². The van der Waals surface area contributed by atoms with Crippen LogP contribution in [0.15, 0.2) is 24.3 Å². The Morgan fingerprint density at radius 1 is 1.25 bits per heavy atom. The van der Waals surface area contributed by atoms with E-state index in [-0.39, 0.29) is 5.82 Å². The second-order valence-electron chi connectivity index (χ2n) is 3.81. The number of benzene rings is 1. The molecule has 2 nitrogen and oxygen atoms in total. The monoisotopic (exact) mass is 224 g/mol. The molecule has 0 heterocycles. The van der Waals surface area contributed by atoms with Crippen LogP contribution < -0.4 is 5.32 Å². The third-order valence-corrected chi connectivity index (χ3v) is 2.65. The Bertz CT molecular complexity index is 302. The normalized spacial score (nSPS) is 11.0. The van der Waals surface area contributed by atoms with Gasteiger partial charge in [-0.25, -0.2) is 4.39 Å². The Morgan fingerprint density at radius 3 is 2.62 bits per heavy atom. The Morgan fingerprint density at radius 2 is 2.00 bits per heavy atom. The van der Waals surface area contributed by atoms with Crippen LogP contribution >= 0.6 is 0 Å². The first-order chi connectivity index (χ1) is 7.77. The van der Waals surface area contributed by atoms with Crippen LogP contribution in [-0.4, -0.2) is 31.1 Å². The maximum atomic E-state index is 13.4. The number of halogens is 1. The molecule has 0 saturated carbocycles. The van der Waals surface area contributed by atoms with E-state index in [0.29, 0.717) is 6.54 Å². The highest BCUT2D eigenvalue weighted by Gasteiger charge is 2.06. The predicted molar refractivity (Wildman–Crippen MR) is 65.9 cm³/mol. The quantitative estimate of drug-likeness (QED) is 0.715. The van der Waals surface area contributed by atoms with Crippen molar-refractivity contribution in [1.82, 2.24) is 10.2 Å². The second kappa shape index (κ2) is 7.36. The fraction of sp³-hybridized carbons (Fsp3) is 0.538. The molecule has 16 heavy (non-hydrogen) atoms. The molecule has 0 aliphatic heterocycles. The van der Waals surface area contributed by atoms with Crippen molar-refractivity contribution >= 4 is 0 Å². The van der Waals surface area contributed by atoms with Gasteiger partial charge in [-0.1, -0.05) is 32.0 Å². The molecule has 0 bridgehead atoms. The Labute approximate surface area is 97.5 Å². The van der Waals surface area contributed by atoms with Gasteiger partial charge in [0.1, 0.15) is 5.82 Å². The maximum Gasteiger partial charge on any atom is 0.127 e. The highest BCUT2D eigenvalue weighted by molar-refractivity contribution is 5.17. The summed E-state index contributed by atoms with van der Waals surface area (Å²) in [7, 11) is 0. The van der Waals surface area contributed by atoms with E-state index in [2.05, 4.69) is 24.1 Å². The van der Waals surface area contributed by atoms with Crippen molar-refractivity contribution < 1.29 is 4.39 Å². The van der Waals surface area contributed by atoms with Crippen molar-refractivity contribution in [2.24, 2.45) is 0 Å². The molecule has 0 atom stereocenters. The lowest BCUT2D eigenvalue weighted by Crippen LogP contribution is -2.31. The summed E-state index contributed by atoms with van der Waals surface area (Å²) in [4.78, 5) is 2.24. The van der Waals surface area contributed by atoms with Crippen LogP contribution in [0.25, 0.3) is 0 Å². The van der Waals surface area contributed by atoms with Gasteiger partial charge in [0.05, 0.1) is 0 Å². The number of nitrogens with zero attached hydrogens (tertiary/aromatic N) is 1. The Balaban J connectivity index is 2.46. The Hall–Kier alpha value is -0.930. The van der Waals surface area contributed by atoms with Gasteiger partial charge in [-0.3, -0.25) is 4.90 Å². The van der Waals surface area contributed by atoms with Crippen molar-refractivity contribution in [2.75, 3.05) is 26.2 Å². The summed E-state index contributed by atoms with van der Waals surface area (Å²) in [5, 5.41) is 3.28. The number of hydrogen-bond donors (Lipinski definition) is 1. The third-order valence-electron chi connectivity index (χ3n) is 2.65. The van der Waals surface area contributed by atoms with Crippen molar-refractivity contribution in [2.45, 2.75) is 20.4 Å². The second-order valence-corrected chi connectivity index (χ2v) is 3.81. The zero-order valence-corrected chi connectivity index (χ0v) is 10.2. The third kappa shape index (κ3) is 4.29. The van der Waals surface area contributed by atoms with Crippen molar-refractivity contribution in [3.63, 3.8) is 0 Å². The summed E-state index contributed by atoms with van der Waals surface area (Å²) < 4.78 is 13.4. The summed E-state index contributed by atoms with van der Waals surface area (Å²) in [6, 6.07) is 6.99. The maximum absolute atomic E-state index is 13.4. The smallest absolute Gasteiger partial charge is 0.127 e. The van der Waals surface area contributed by atoms with Gasteiger partial charge in [0.15, 0.2) is 0 Å². The minimum absolute atomic E-state index is 0.107. The molecule has 1 aromatic rings. The molecule has 0 fully saturated rings. The molecule has 3 heteroatoms. The number of nitrogens with one attached hydrogen (secondary N) is 1. The summed E-state index contributed by atoms with van der Waals surface area (Å²) in [6.07, 6.45) is 0. The zero-order valence-electron chi connectivity index (χ0n) is 10.2. The minimum Gasteiger partial charge on any atom is -0.316 e. The lowest BCUT2D eigenvalue weighted by atomic mass is 10.2. The summed E-state index contributed by atoms with van der Waals surface area (Å²) in [6.45, 7) is 8.73. The zero-order chi connectivity index (χ0) is 11.8. The lowest BCUT2D eigenvalue weighted by Gasteiger charge is -2.20. The van der Waals surface area contributed by atoms with Gasteiger partial charge >= 0.3 is 0 Å². The van der Waals surface area contributed by atoms with Crippen molar-refractivity contribution in [1.29, 1.82) is 0 Å². The lowest BCUT2D eigenvalue weighted by molar-refractivity contribution is 0.276. The van der Waals surface area contributed by atoms with E-state index >= 15 is 0 Å². The van der Waals surface area contributed by atoms with Crippen LogP contribution in [0.4, 0.5) is 4.39 Å². The van der Waals surface area contributed by atoms with Crippen LogP contribution in [0.3, 0.4) is 0 Å². The highest BCUT2D eigenvalue weighted by Crippen LogP contribution is 2.09. The first kappa shape index (κ1) is 13.1. The molecule has 0 radical (unpaired) electrons. The van der Waals surface area contributed by atoms with E-state index in [4.69, 9.17) is 0 Å². The SMILES string of the molecule is CCNCCN(CC)Cc1ccccc1F.